The topological polar surface area (TPSA) is 86.0 Å². The van der Waals surface area contributed by atoms with E-state index in [9.17, 15) is 4.79 Å². The van der Waals surface area contributed by atoms with Crippen LogP contribution in [0.3, 0.4) is 0 Å². The fourth-order valence-corrected chi connectivity index (χ4v) is 4.17. The molecule has 0 saturated carbocycles. The zero-order chi connectivity index (χ0) is 22.6. The Balaban J connectivity index is 1.43. The first kappa shape index (κ1) is 21.0. The van der Waals surface area contributed by atoms with Gasteiger partial charge in [0.05, 0.1) is 48.6 Å². The van der Waals surface area contributed by atoms with E-state index in [2.05, 4.69) is 32.5 Å². The van der Waals surface area contributed by atoms with Gasteiger partial charge in [0.2, 0.25) is 0 Å². The number of rotatable bonds is 5. The van der Waals surface area contributed by atoms with Crippen LogP contribution in [-0.2, 0) is 11.2 Å². The number of ether oxygens (including phenoxy) is 1. The fourth-order valence-electron chi connectivity index (χ4n) is 4.17. The monoisotopic (exact) mass is 440 g/mol. The largest absolute Gasteiger partial charge is 0.377 e. The molecule has 5 rings (SSSR count). The molecule has 1 atom stereocenters. The van der Waals surface area contributed by atoms with Crippen LogP contribution in [0.4, 0.5) is 0 Å². The van der Waals surface area contributed by atoms with Gasteiger partial charge in [-0.3, -0.25) is 4.79 Å². The Morgan fingerprint density at radius 2 is 1.94 bits per heavy atom. The maximum absolute atomic E-state index is 13.7. The molecule has 0 radical (unpaired) electrons. The maximum Gasteiger partial charge on any atom is 0.256 e. The highest BCUT2D eigenvalue weighted by Gasteiger charge is 2.30. The van der Waals surface area contributed by atoms with Crippen LogP contribution >= 0.6 is 0 Å². The summed E-state index contributed by atoms with van der Waals surface area (Å²) in [7, 11) is 0. The highest BCUT2D eigenvalue weighted by Crippen LogP contribution is 2.23. The minimum atomic E-state index is -0.0812. The zero-order valence-electron chi connectivity index (χ0n) is 18.3. The summed E-state index contributed by atoms with van der Waals surface area (Å²) in [6.07, 6.45) is 5.56. The highest BCUT2D eigenvalue weighted by atomic mass is 16.5. The van der Waals surface area contributed by atoms with E-state index in [0.717, 1.165) is 22.4 Å². The van der Waals surface area contributed by atoms with E-state index in [-0.39, 0.29) is 11.9 Å². The second-order valence-corrected chi connectivity index (χ2v) is 8.08. The summed E-state index contributed by atoms with van der Waals surface area (Å²) in [5.41, 5.74) is 5.21. The van der Waals surface area contributed by atoms with Crippen molar-refractivity contribution in [3.05, 3.63) is 89.9 Å². The van der Waals surface area contributed by atoms with Crippen LogP contribution in [-0.4, -0.2) is 61.8 Å². The van der Waals surface area contributed by atoms with Gasteiger partial charge in [-0.2, -0.15) is 25.2 Å². The fraction of sp³-hybridized carbons (Fsp3) is 0.240. The Morgan fingerprint density at radius 3 is 2.76 bits per heavy atom. The van der Waals surface area contributed by atoms with E-state index in [4.69, 9.17) is 4.74 Å². The van der Waals surface area contributed by atoms with E-state index in [1.807, 2.05) is 54.3 Å². The quantitative estimate of drug-likeness (QED) is 0.474. The standard InChI is InChI=1S/C25H24N6O2/c1-18-7-8-24(31-27-10-11-28-31)22(14-18)25(32)30-12-13-33-17-21(30)16-19-4-2-5-20(15-19)23-6-3-9-26-29-23/h2-11,14-15,21H,12-13,16-17H2,1H3. The molecular formula is C25H24N6O2. The van der Waals surface area contributed by atoms with Gasteiger partial charge in [-0.25, -0.2) is 0 Å². The molecule has 4 aromatic rings. The lowest BCUT2D eigenvalue weighted by atomic mass is 9.99. The molecule has 8 heteroatoms. The normalized spacial score (nSPS) is 16.0. The number of benzene rings is 2. The van der Waals surface area contributed by atoms with Crippen LogP contribution in [0.25, 0.3) is 16.9 Å². The van der Waals surface area contributed by atoms with Gasteiger partial charge in [-0.05, 0) is 49.2 Å². The van der Waals surface area contributed by atoms with Crippen LogP contribution in [0.15, 0.2) is 73.2 Å². The Labute approximate surface area is 191 Å². The Morgan fingerprint density at radius 1 is 1.06 bits per heavy atom. The molecule has 1 amide bonds. The molecule has 33 heavy (non-hydrogen) atoms. The number of aryl methyl sites for hydroxylation is 1. The predicted octanol–water partition coefficient (Wildman–Crippen LogP) is 3.12. The molecule has 1 saturated heterocycles. The Bertz CT molecular complexity index is 1240. The molecule has 3 heterocycles. The van der Waals surface area contributed by atoms with Gasteiger partial charge in [-0.15, -0.1) is 0 Å². The Kier molecular flexibility index (Phi) is 5.91. The number of hydrogen-bond donors (Lipinski definition) is 0. The van der Waals surface area contributed by atoms with Crippen LogP contribution in [0.5, 0.6) is 0 Å². The molecule has 1 unspecified atom stereocenters. The van der Waals surface area contributed by atoms with Crippen LogP contribution < -0.4 is 0 Å². The van der Waals surface area contributed by atoms with Crippen molar-refractivity contribution in [2.45, 2.75) is 19.4 Å². The van der Waals surface area contributed by atoms with E-state index >= 15 is 0 Å². The number of nitrogens with zero attached hydrogens (tertiary/aromatic N) is 6. The average Bonchev–Trinajstić information content (AvgIpc) is 3.39. The second kappa shape index (κ2) is 9.30. The first-order chi connectivity index (χ1) is 16.2. The lowest BCUT2D eigenvalue weighted by Crippen LogP contribution is -2.50. The van der Waals surface area contributed by atoms with E-state index in [1.54, 1.807) is 18.6 Å². The molecule has 2 aromatic carbocycles. The van der Waals surface area contributed by atoms with Gasteiger partial charge in [0.25, 0.3) is 5.91 Å². The number of carbonyl (C=O) groups is 1. The molecule has 0 aliphatic carbocycles. The van der Waals surface area contributed by atoms with Crippen molar-refractivity contribution in [3.63, 3.8) is 0 Å². The number of hydrogen-bond acceptors (Lipinski definition) is 6. The third-order valence-corrected chi connectivity index (χ3v) is 5.77. The molecule has 0 spiro atoms. The van der Waals surface area contributed by atoms with Gasteiger partial charge in [-0.1, -0.05) is 29.8 Å². The Hall–Kier alpha value is -3.91. The van der Waals surface area contributed by atoms with E-state index in [0.29, 0.717) is 37.4 Å². The first-order valence-corrected chi connectivity index (χ1v) is 10.9. The first-order valence-electron chi connectivity index (χ1n) is 10.9. The molecular weight excluding hydrogens is 416 g/mol. The average molecular weight is 441 g/mol. The maximum atomic E-state index is 13.7. The van der Waals surface area contributed by atoms with Crippen molar-refractivity contribution in [1.82, 2.24) is 30.1 Å². The summed E-state index contributed by atoms with van der Waals surface area (Å²) >= 11 is 0. The minimum absolute atomic E-state index is 0.0376. The van der Waals surface area contributed by atoms with Crippen molar-refractivity contribution in [2.24, 2.45) is 0 Å². The molecule has 1 aliphatic rings. The molecule has 166 valence electrons. The van der Waals surface area contributed by atoms with Crippen LogP contribution in [0.2, 0.25) is 0 Å². The number of amides is 1. The van der Waals surface area contributed by atoms with Gasteiger partial charge in [0, 0.05) is 18.3 Å². The second-order valence-electron chi connectivity index (χ2n) is 8.08. The van der Waals surface area contributed by atoms with Crippen molar-refractivity contribution in [1.29, 1.82) is 0 Å². The lowest BCUT2D eigenvalue weighted by molar-refractivity contribution is -0.00165. The molecule has 1 aliphatic heterocycles. The smallest absolute Gasteiger partial charge is 0.256 e. The van der Waals surface area contributed by atoms with Crippen LogP contribution in [0.1, 0.15) is 21.5 Å². The molecule has 8 nitrogen and oxygen atoms in total. The predicted molar refractivity (Wildman–Crippen MR) is 123 cm³/mol. The van der Waals surface area contributed by atoms with Gasteiger partial charge >= 0.3 is 0 Å². The van der Waals surface area contributed by atoms with Gasteiger partial charge in [0.1, 0.15) is 0 Å². The summed E-state index contributed by atoms with van der Waals surface area (Å²) in [4.78, 5) is 17.1. The summed E-state index contributed by atoms with van der Waals surface area (Å²) in [6.45, 7) is 3.52. The lowest BCUT2D eigenvalue weighted by Gasteiger charge is -2.36. The number of morpholine rings is 1. The summed E-state index contributed by atoms with van der Waals surface area (Å²) in [5, 5.41) is 16.6. The van der Waals surface area contributed by atoms with Crippen molar-refractivity contribution in [3.8, 4) is 16.9 Å². The number of aromatic nitrogens is 5. The van der Waals surface area contributed by atoms with Crippen molar-refractivity contribution >= 4 is 5.91 Å². The molecule has 2 aromatic heterocycles. The third-order valence-electron chi connectivity index (χ3n) is 5.77. The summed E-state index contributed by atoms with van der Waals surface area (Å²) in [5.74, 6) is -0.0376. The van der Waals surface area contributed by atoms with Gasteiger partial charge < -0.3 is 9.64 Å². The molecule has 1 fully saturated rings. The molecule has 0 bridgehead atoms. The van der Waals surface area contributed by atoms with Gasteiger partial charge in [0.15, 0.2) is 0 Å². The highest BCUT2D eigenvalue weighted by molar-refractivity contribution is 5.98. The summed E-state index contributed by atoms with van der Waals surface area (Å²) < 4.78 is 5.77. The molecule has 0 N–H and O–H groups in total. The summed E-state index contributed by atoms with van der Waals surface area (Å²) in [6, 6.07) is 17.7. The van der Waals surface area contributed by atoms with Crippen molar-refractivity contribution in [2.75, 3.05) is 19.8 Å². The van der Waals surface area contributed by atoms with E-state index in [1.165, 1.54) is 4.80 Å². The number of carbonyl (C=O) groups excluding carboxylic acids is 1. The minimum Gasteiger partial charge on any atom is -0.377 e. The third kappa shape index (κ3) is 4.51. The SMILES string of the molecule is Cc1ccc(-n2nccn2)c(C(=O)N2CCOCC2Cc2cccc(-c3cccnn3)c2)c1. The van der Waals surface area contributed by atoms with E-state index < -0.39 is 0 Å². The zero-order valence-corrected chi connectivity index (χ0v) is 18.3. The van der Waals surface area contributed by atoms with Crippen molar-refractivity contribution < 1.29 is 9.53 Å². The van der Waals surface area contributed by atoms with Crippen LogP contribution in [0, 0.1) is 6.92 Å².